The van der Waals surface area contributed by atoms with Crippen molar-refractivity contribution in [3.05, 3.63) is 58.6 Å². The van der Waals surface area contributed by atoms with E-state index < -0.39 is 0 Å². The van der Waals surface area contributed by atoms with E-state index in [-0.39, 0.29) is 18.5 Å². The number of halogens is 2. The SMILES string of the molecule is O=C1CNC(=O)N1CCCSc1nnc(-c2ccc(Cl)cc2Cl)n1-c1ccccc1. The summed E-state index contributed by atoms with van der Waals surface area (Å²) in [6.45, 7) is 0.437. The number of imide groups is 1. The van der Waals surface area contributed by atoms with Gasteiger partial charge in [0.15, 0.2) is 11.0 Å². The minimum Gasteiger partial charge on any atom is -0.329 e. The maximum atomic E-state index is 11.7. The largest absolute Gasteiger partial charge is 0.329 e. The summed E-state index contributed by atoms with van der Waals surface area (Å²) in [5.74, 6) is 1.08. The van der Waals surface area contributed by atoms with Crippen molar-refractivity contribution < 1.29 is 9.59 Å². The highest BCUT2D eigenvalue weighted by Crippen LogP contribution is 2.33. The normalized spacial score (nSPS) is 13.7. The molecule has 0 bridgehead atoms. The number of nitrogens with one attached hydrogen (secondary N) is 1. The van der Waals surface area contributed by atoms with Crippen LogP contribution in [0.2, 0.25) is 10.0 Å². The highest BCUT2D eigenvalue weighted by Gasteiger charge is 2.27. The molecule has 4 rings (SSSR count). The second-order valence-corrected chi connectivity index (χ2v) is 8.41. The van der Waals surface area contributed by atoms with E-state index in [9.17, 15) is 9.59 Å². The number of rotatable bonds is 7. The maximum absolute atomic E-state index is 11.7. The molecule has 0 unspecified atom stereocenters. The third-order valence-electron chi connectivity index (χ3n) is 4.51. The van der Waals surface area contributed by atoms with Crippen LogP contribution >= 0.6 is 35.0 Å². The minimum absolute atomic E-state index is 0.0690. The molecular formula is C20H17Cl2N5O2S. The molecule has 10 heteroatoms. The summed E-state index contributed by atoms with van der Waals surface area (Å²) in [5, 5.41) is 13.0. The van der Waals surface area contributed by atoms with Crippen molar-refractivity contribution in [2.45, 2.75) is 11.6 Å². The Morgan fingerprint density at radius 2 is 1.87 bits per heavy atom. The Hall–Kier alpha value is -2.55. The van der Waals surface area contributed by atoms with E-state index in [1.807, 2.05) is 41.0 Å². The average Bonchev–Trinajstić information content (AvgIpc) is 3.29. The number of para-hydroxylation sites is 1. The lowest BCUT2D eigenvalue weighted by Gasteiger charge is -2.13. The zero-order chi connectivity index (χ0) is 21.1. The first-order chi connectivity index (χ1) is 14.5. The van der Waals surface area contributed by atoms with E-state index in [2.05, 4.69) is 15.5 Å². The minimum atomic E-state index is -0.336. The van der Waals surface area contributed by atoms with Crippen molar-refractivity contribution in [3.63, 3.8) is 0 Å². The molecule has 2 heterocycles. The predicted molar refractivity (Wildman–Crippen MR) is 117 cm³/mol. The number of hydrogen-bond acceptors (Lipinski definition) is 5. The number of thioether (sulfide) groups is 1. The number of carbonyl (C=O) groups excluding carboxylic acids is 2. The lowest BCUT2D eigenvalue weighted by Crippen LogP contribution is -2.32. The number of urea groups is 1. The van der Waals surface area contributed by atoms with Crippen molar-refractivity contribution in [3.8, 4) is 17.1 Å². The number of amides is 3. The summed E-state index contributed by atoms with van der Waals surface area (Å²) in [5.41, 5.74) is 1.63. The van der Waals surface area contributed by atoms with Gasteiger partial charge in [-0.05, 0) is 36.8 Å². The Kier molecular flexibility index (Phi) is 6.26. The van der Waals surface area contributed by atoms with Gasteiger partial charge in [0.05, 0.1) is 11.6 Å². The molecule has 30 heavy (non-hydrogen) atoms. The summed E-state index contributed by atoms with van der Waals surface area (Å²) in [7, 11) is 0. The van der Waals surface area contributed by atoms with Crippen LogP contribution in [0, 0.1) is 0 Å². The first-order valence-electron chi connectivity index (χ1n) is 9.22. The lowest BCUT2D eigenvalue weighted by atomic mass is 10.2. The standard InChI is InChI=1S/C20H17Cl2N5O2S/c21-13-7-8-15(16(22)11-13)18-24-25-20(27(18)14-5-2-1-3-6-14)30-10-4-9-26-17(28)12-23-19(26)29/h1-3,5-8,11H,4,9-10,12H2,(H,23,29). The van der Waals surface area contributed by atoms with Gasteiger partial charge >= 0.3 is 6.03 Å². The first kappa shape index (κ1) is 20.7. The van der Waals surface area contributed by atoms with E-state index in [1.54, 1.807) is 12.1 Å². The second kappa shape index (κ2) is 9.07. The van der Waals surface area contributed by atoms with Crippen LogP contribution in [0.3, 0.4) is 0 Å². The predicted octanol–water partition coefficient (Wildman–Crippen LogP) is 4.28. The molecular weight excluding hydrogens is 445 g/mol. The monoisotopic (exact) mass is 461 g/mol. The average molecular weight is 462 g/mol. The number of aromatic nitrogens is 3. The third-order valence-corrected chi connectivity index (χ3v) is 6.08. The van der Waals surface area contributed by atoms with Crippen LogP contribution in [0.1, 0.15) is 6.42 Å². The van der Waals surface area contributed by atoms with E-state index >= 15 is 0 Å². The van der Waals surface area contributed by atoms with Gasteiger partial charge in [0.25, 0.3) is 0 Å². The number of carbonyl (C=O) groups is 2. The summed E-state index contributed by atoms with van der Waals surface area (Å²) in [4.78, 5) is 24.6. The fourth-order valence-corrected chi connectivity index (χ4v) is 4.45. The second-order valence-electron chi connectivity index (χ2n) is 6.51. The smallest absolute Gasteiger partial charge is 0.324 e. The molecule has 1 fully saturated rings. The summed E-state index contributed by atoms with van der Waals surface area (Å²) < 4.78 is 1.94. The van der Waals surface area contributed by atoms with Crippen LogP contribution in [0.25, 0.3) is 17.1 Å². The van der Waals surface area contributed by atoms with Crippen molar-refractivity contribution in [1.29, 1.82) is 0 Å². The quantitative estimate of drug-likeness (QED) is 0.322. The molecule has 1 aliphatic rings. The summed E-state index contributed by atoms with van der Waals surface area (Å²) in [6.07, 6.45) is 0.641. The van der Waals surface area contributed by atoms with Crippen molar-refractivity contribution in [2.75, 3.05) is 18.8 Å². The zero-order valence-electron chi connectivity index (χ0n) is 15.7. The zero-order valence-corrected chi connectivity index (χ0v) is 18.0. The number of nitrogens with zero attached hydrogens (tertiary/aromatic N) is 4. The van der Waals surface area contributed by atoms with Crippen LogP contribution in [-0.4, -0.2) is 50.4 Å². The molecule has 7 nitrogen and oxygen atoms in total. The van der Waals surface area contributed by atoms with Crippen LogP contribution < -0.4 is 5.32 Å². The first-order valence-corrected chi connectivity index (χ1v) is 11.0. The molecule has 0 radical (unpaired) electrons. The molecule has 0 spiro atoms. The maximum Gasteiger partial charge on any atom is 0.324 e. The molecule has 3 aromatic rings. The van der Waals surface area contributed by atoms with Gasteiger partial charge in [-0.15, -0.1) is 10.2 Å². The van der Waals surface area contributed by atoms with E-state index in [1.165, 1.54) is 16.7 Å². The lowest BCUT2D eigenvalue weighted by molar-refractivity contribution is -0.124. The molecule has 0 atom stereocenters. The van der Waals surface area contributed by atoms with Crippen molar-refractivity contribution in [1.82, 2.24) is 25.0 Å². The Bertz CT molecular complexity index is 1070. The fraction of sp³-hybridized carbons (Fsp3) is 0.200. The molecule has 1 N–H and O–H groups in total. The van der Waals surface area contributed by atoms with Gasteiger partial charge in [-0.2, -0.15) is 0 Å². The van der Waals surface area contributed by atoms with Gasteiger partial charge in [-0.3, -0.25) is 14.3 Å². The van der Waals surface area contributed by atoms with Gasteiger partial charge < -0.3 is 5.32 Å². The Labute approximate surface area is 187 Å². The summed E-state index contributed by atoms with van der Waals surface area (Å²) >= 11 is 14.0. The number of benzene rings is 2. The molecule has 3 amide bonds. The van der Waals surface area contributed by atoms with Crippen LogP contribution in [0.5, 0.6) is 0 Å². The van der Waals surface area contributed by atoms with E-state index in [0.717, 1.165) is 11.3 Å². The topological polar surface area (TPSA) is 80.1 Å². The molecule has 1 aromatic heterocycles. The molecule has 154 valence electrons. The Morgan fingerprint density at radius 1 is 1.07 bits per heavy atom. The fourth-order valence-electron chi connectivity index (χ4n) is 3.09. The van der Waals surface area contributed by atoms with E-state index in [0.29, 0.717) is 39.7 Å². The van der Waals surface area contributed by atoms with Crippen LogP contribution in [0.4, 0.5) is 4.79 Å². The van der Waals surface area contributed by atoms with Crippen molar-refractivity contribution in [2.24, 2.45) is 0 Å². The Balaban J connectivity index is 1.56. The van der Waals surface area contributed by atoms with Gasteiger partial charge in [0.2, 0.25) is 5.91 Å². The molecule has 0 aliphatic carbocycles. The van der Waals surface area contributed by atoms with Gasteiger partial charge in [0.1, 0.15) is 0 Å². The van der Waals surface area contributed by atoms with Gasteiger partial charge in [-0.1, -0.05) is 53.2 Å². The Morgan fingerprint density at radius 3 is 2.57 bits per heavy atom. The molecule has 2 aromatic carbocycles. The number of hydrogen-bond donors (Lipinski definition) is 1. The van der Waals surface area contributed by atoms with Crippen LogP contribution in [0.15, 0.2) is 53.7 Å². The van der Waals surface area contributed by atoms with Crippen LogP contribution in [-0.2, 0) is 4.79 Å². The third kappa shape index (κ3) is 4.30. The molecule has 0 saturated carbocycles. The van der Waals surface area contributed by atoms with Gasteiger partial charge in [-0.25, -0.2) is 4.79 Å². The van der Waals surface area contributed by atoms with Crippen molar-refractivity contribution >= 4 is 46.9 Å². The summed E-state index contributed by atoms with van der Waals surface area (Å²) in [6, 6.07) is 14.7. The van der Waals surface area contributed by atoms with Gasteiger partial charge in [0, 0.05) is 28.6 Å². The molecule has 1 saturated heterocycles. The highest BCUT2D eigenvalue weighted by molar-refractivity contribution is 7.99. The highest BCUT2D eigenvalue weighted by atomic mass is 35.5. The van der Waals surface area contributed by atoms with E-state index in [4.69, 9.17) is 23.2 Å². The molecule has 1 aliphatic heterocycles.